The first-order valence-corrected chi connectivity index (χ1v) is 24.0. The predicted molar refractivity (Wildman–Crippen MR) is 84.4 cm³/mol. The number of hydrogen-bond acceptors (Lipinski definition) is 0. The van der Waals surface area contributed by atoms with Crippen molar-refractivity contribution in [3.05, 3.63) is 0 Å². The summed E-state index contributed by atoms with van der Waals surface area (Å²) in [4.78, 5) is 0. The van der Waals surface area contributed by atoms with Crippen molar-refractivity contribution >= 4 is 69.6 Å². The molecule has 0 unspecified atom stereocenters. The van der Waals surface area contributed by atoms with Gasteiger partial charge in [-0.25, -0.2) is 0 Å². The van der Waals surface area contributed by atoms with E-state index >= 15 is 0 Å². The van der Waals surface area contributed by atoms with E-state index in [1.165, 1.54) is 0 Å². The van der Waals surface area contributed by atoms with Crippen molar-refractivity contribution in [3.8, 4) is 0 Å². The maximum absolute atomic E-state index is 2.28. The quantitative estimate of drug-likeness (QED) is 0.436. The Kier molecular flexibility index (Phi) is 369. The zero-order chi connectivity index (χ0) is 10.8. The zero-order valence-corrected chi connectivity index (χ0v) is 22.0. The molecule has 0 atom stereocenters. The average molecular weight is 471 g/mol. The topological polar surface area (TPSA) is 126 Å². The molecule has 0 aromatic carbocycles. The van der Waals surface area contributed by atoms with E-state index in [2.05, 4.69) is 43.8 Å². The maximum atomic E-state index is 2.28. The summed E-state index contributed by atoms with van der Waals surface area (Å²) in [5, 5.41) is 0. The van der Waals surface area contributed by atoms with Crippen molar-refractivity contribution in [1.29, 1.82) is 0 Å². The van der Waals surface area contributed by atoms with Gasteiger partial charge in [-0.3, -0.25) is 0 Å². The van der Waals surface area contributed by atoms with Gasteiger partial charge in [0, 0.05) is 0 Å². The van der Waals surface area contributed by atoms with Crippen LogP contribution >= 0.6 is 0 Å². The molecule has 0 saturated carbocycles. The van der Waals surface area contributed by atoms with Gasteiger partial charge in [0.15, 0.2) is 0 Å². The van der Waals surface area contributed by atoms with Crippen LogP contribution in [0, 0.1) is 0 Å². The van der Waals surface area contributed by atoms with Crippen LogP contribution in [0.2, 0.25) is 43.8 Å². The molecule has 0 fully saturated rings. The van der Waals surface area contributed by atoms with Crippen molar-refractivity contribution in [2.24, 2.45) is 0 Å². The van der Waals surface area contributed by atoms with E-state index < -0.39 is 0 Å². The molecule has 8 heteroatoms. The Morgan fingerprint density at radius 2 is 0.312 bits per heavy atom. The second-order valence-corrected chi connectivity index (χ2v) is 12.0. The predicted octanol–water partition coefficient (Wildman–Crippen LogP) is -0.152. The van der Waals surface area contributed by atoms with Crippen molar-refractivity contribution in [2.75, 3.05) is 0 Å². The van der Waals surface area contributed by atoms with Crippen LogP contribution in [0.15, 0.2) is 0 Å². The normalized spacial score (nSPS) is 3.50. The molecule has 0 spiro atoms. The molecular formula is C8H32Ga4O4. The molecule has 0 aliphatic carbocycles. The summed E-state index contributed by atoms with van der Waals surface area (Å²) in [6.07, 6.45) is 0. The molecule has 4 radical (unpaired) electrons. The third-order valence-electron chi connectivity index (χ3n) is 0. The fraction of sp³-hybridized carbons (Fsp3) is 1.00. The van der Waals surface area contributed by atoms with Crippen LogP contribution in [0.4, 0.5) is 0 Å². The van der Waals surface area contributed by atoms with Crippen molar-refractivity contribution in [3.63, 3.8) is 0 Å². The van der Waals surface area contributed by atoms with Gasteiger partial charge in [0.1, 0.15) is 0 Å². The second kappa shape index (κ2) is 114. The van der Waals surface area contributed by atoms with Crippen molar-refractivity contribution in [1.82, 2.24) is 0 Å². The summed E-state index contributed by atoms with van der Waals surface area (Å²) in [5.74, 6) is 0. The molecule has 0 aliphatic heterocycles. The summed E-state index contributed by atoms with van der Waals surface area (Å²) in [6.45, 7) is 0. The third-order valence-corrected chi connectivity index (χ3v) is 0. The van der Waals surface area contributed by atoms with Gasteiger partial charge in [0.2, 0.25) is 0 Å². The van der Waals surface area contributed by atoms with Gasteiger partial charge < -0.3 is 21.9 Å². The first-order chi connectivity index (χ1) is 5.66. The van der Waals surface area contributed by atoms with Crippen molar-refractivity contribution < 1.29 is 21.9 Å². The standard InChI is InChI=1S/8CH3.4Ga.4H2O/h8*1H3;;;;;4*1H2. The summed E-state index contributed by atoms with van der Waals surface area (Å²) < 4.78 is 0. The van der Waals surface area contributed by atoms with E-state index in [0.29, 0.717) is 69.6 Å². The molecule has 0 amide bonds. The van der Waals surface area contributed by atoms with E-state index in [-0.39, 0.29) is 21.9 Å². The van der Waals surface area contributed by atoms with Crippen LogP contribution in [0.1, 0.15) is 0 Å². The molecule has 100 valence electrons. The van der Waals surface area contributed by atoms with Crippen LogP contribution in [0.5, 0.6) is 0 Å². The molecule has 0 rings (SSSR count). The minimum atomic E-state index is 0. The van der Waals surface area contributed by atoms with Gasteiger partial charge in [0.05, 0.1) is 0 Å². The summed E-state index contributed by atoms with van der Waals surface area (Å²) in [6, 6.07) is 0. The van der Waals surface area contributed by atoms with Gasteiger partial charge >= 0.3 is 113 Å². The molecular weight excluding hydrogens is 439 g/mol. The van der Waals surface area contributed by atoms with Crippen LogP contribution in [-0.4, -0.2) is 91.5 Å². The van der Waals surface area contributed by atoms with Crippen LogP contribution < -0.4 is 0 Å². The fourth-order valence-corrected chi connectivity index (χ4v) is 0. The molecule has 4 nitrogen and oxygen atoms in total. The Morgan fingerprint density at radius 1 is 0.312 bits per heavy atom. The van der Waals surface area contributed by atoms with Crippen LogP contribution in [0.3, 0.4) is 0 Å². The molecule has 8 N–H and O–H groups in total. The summed E-state index contributed by atoms with van der Waals surface area (Å²) >= 11 is 1.25. The second-order valence-electron chi connectivity index (χ2n) is 2.31. The van der Waals surface area contributed by atoms with Gasteiger partial charge in [-0.1, -0.05) is 0 Å². The molecule has 0 saturated heterocycles. The molecule has 0 bridgehead atoms. The van der Waals surface area contributed by atoms with E-state index in [1.54, 1.807) is 0 Å². The monoisotopic (exact) mass is 468 g/mol. The zero-order valence-electron chi connectivity index (χ0n) is 12.3. The minimum absolute atomic E-state index is 0. The molecule has 0 aromatic rings. The SMILES string of the molecule is O.O.O.O.[CH3][Ga][CH3].[CH3][Ga][CH3].[CH3][Ga][CH3].[CH3][Ga][CH3]. The first-order valence-electron chi connectivity index (χ1n) is 4.62. The molecule has 0 heterocycles. The van der Waals surface area contributed by atoms with E-state index in [1.807, 2.05) is 0 Å². The van der Waals surface area contributed by atoms with Crippen LogP contribution in [0.25, 0.3) is 0 Å². The number of hydrogen-bond donors (Lipinski definition) is 0. The third kappa shape index (κ3) is 682. The molecule has 0 aliphatic rings. The molecule has 0 aromatic heterocycles. The summed E-state index contributed by atoms with van der Waals surface area (Å²) in [5.41, 5.74) is 18.2. The summed E-state index contributed by atoms with van der Waals surface area (Å²) in [7, 11) is 0. The fourth-order valence-electron chi connectivity index (χ4n) is 0. The Bertz CT molecular complexity index is 32.0. The van der Waals surface area contributed by atoms with E-state index in [4.69, 9.17) is 0 Å². The van der Waals surface area contributed by atoms with E-state index in [0.717, 1.165) is 0 Å². The van der Waals surface area contributed by atoms with Gasteiger partial charge in [0.25, 0.3) is 0 Å². The Hall–Kier alpha value is 2.39. The Morgan fingerprint density at radius 3 is 0.312 bits per heavy atom. The van der Waals surface area contributed by atoms with Gasteiger partial charge in [-0.15, -0.1) is 0 Å². The average Bonchev–Trinajstić information content (AvgIpc) is 1.92. The van der Waals surface area contributed by atoms with Gasteiger partial charge in [-0.2, -0.15) is 0 Å². The van der Waals surface area contributed by atoms with Crippen molar-refractivity contribution in [2.45, 2.75) is 43.8 Å². The Balaban J connectivity index is -0.00000000821. The molecule has 16 heavy (non-hydrogen) atoms. The van der Waals surface area contributed by atoms with Crippen LogP contribution in [-0.2, 0) is 0 Å². The first kappa shape index (κ1) is 51.5. The Labute approximate surface area is 134 Å². The number of rotatable bonds is 0. The van der Waals surface area contributed by atoms with Gasteiger partial charge in [-0.05, 0) is 0 Å². The van der Waals surface area contributed by atoms with E-state index in [9.17, 15) is 0 Å².